The highest BCUT2D eigenvalue weighted by Gasteiger charge is 2.20. The summed E-state index contributed by atoms with van der Waals surface area (Å²) in [5.41, 5.74) is 6.22. The van der Waals surface area contributed by atoms with Crippen molar-refractivity contribution in [2.75, 3.05) is 24.3 Å². The van der Waals surface area contributed by atoms with Gasteiger partial charge in [-0.1, -0.05) is 11.6 Å². The van der Waals surface area contributed by atoms with Crippen LogP contribution in [-0.4, -0.2) is 41.6 Å². The first-order chi connectivity index (χ1) is 10.5. The third-order valence-electron chi connectivity index (χ3n) is 2.80. The topological polar surface area (TPSA) is 107 Å². The van der Waals surface area contributed by atoms with Crippen LogP contribution in [0.1, 0.15) is 26.7 Å². The van der Waals surface area contributed by atoms with Gasteiger partial charge in [-0.05, 0) is 26.0 Å². The molecular weight excluding hydrogens is 310 g/mol. The van der Waals surface area contributed by atoms with Crippen LogP contribution < -0.4 is 11.1 Å². The highest BCUT2D eigenvalue weighted by Crippen LogP contribution is 2.21. The molecule has 0 aromatic carbocycles. The fraction of sp³-hybridized carbons (Fsp3) is 0.571. The molecule has 0 bridgehead atoms. The van der Waals surface area contributed by atoms with Crippen LogP contribution in [0.15, 0.2) is 12.1 Å². The molecule has 0 aliphatic carbocycles. The maximum absolute atomic E-state index is 11.7. The van der Waals surface area contributed by atoms with Crippen molar-refractivity contribution in [3.05, 3.63) is 17.3 Å². The zero-order valence-electron chi connectivity index (χ0n) is 12.7. The molecule has 0 radical (unpaired) electrons. The summed E-state index contributed by atoms with van der Waals surface area (Å²) in [5.74, 6) is -0.0326. The van der Waals surface area contributed by atoms with Crippen molar-refractivity contribution in [3.63, 3.8) is 0 Å². The number of hydrogen-bond acceptors (Lipinski definition) is 7. The number of esters is 1. The van der Waals surface area contributed by atoms with Crippen molar-refractivity contribution >= 4 is 29.1 Å². The van der Waals surface area contributed by atoms with E-state index in [1.807, 2.05) is 0 Å². The van der Waals surface area contributed by atoms with Gasteiger partial charge < -0.3 is 25.6 Å². The maximum Gasteiger partial charge on any atom is 0.307 e. The molecule has 7 nitrogen and oxygen atoms in total. The summed E-state index contributed by atoms with van der Waals surface area (Å²) in [7, 11) is 0. The fourth-order valence-corrected chi connectivity index (χ4v) is 2.02. The van der Waals surface area contributed by atoms with Crippen molar-refractivity contribution in [2.45, 2.75) is 39.0 Å². The van der Waals surface area contributed by atoms with E-state index in [4.69, 9.17) is 26.8 Å². The first-order valence-corrected chi connectivity index (χ1v) is 7.47. The molecule has 124 valence electrons. The Morgan fingerprint density at radius 3 is 2.82 bits per heavy atom. The Morgan fingerprint density at radius 1 is 1.45 bits per heavy atom. The molecule has 0 saturated carbocycles. The number of carbonyl (C=O) groups excluding carboxylic acids is 1. The molecule has 0 saturated heterocycles. The van der Waals surface area contributed by atoms with E-state index in [1.165, 1.54) is 0 Å². The van der Waals surface area contributed by atoms with Crippen molar-refractivity contribution < 1.29 is 19.4 Å². The number of pyridine rings is 1. The molecule has 0 spiro atoms. The predicted molar refractivity (Wildman–Crippen MR) is 84.6 cm³/mol. The van der Waals surface area contributed by atoms with Crippen LogP contribution >= 0.6 is 11.6 Å². The number of nitrogens with two attached hydrogens (primary N) is 1. The SMILES string of the molecule is CCOC(=O)CC(CC(O)OCC)Nc1nc(Cl)ccc1N. The number of halogens is 1. The lowest BCUT2D eigenvalue weighted by Crippen LogP contribution is -2.30. The Bertz CT molecular complexity index is 487. The highest BCUT2D eigenvalue weighted by molar-refractivity contribution is 6.29. The fourth-order valence-electron chi connectivity index (χ4n) is 1.87. The van der Waals surface area contributed by atoms with E-state index in [9.17, 15) is 9.90 Å². The monoisotopic (exact) mass is 331 g/mol. The zero-order valence-corrected chi connectivity index (χ0v) is 13.5. The van der Waals surface area contributed by atoms with Gasteiger partial charge in [0.15, 0.2) is 12.1 Å². The van der Waals surface area contributed by atoms with Crippen LogP contribution in [0.3, 0.4) is 0 Å². The molecule has 2 atom stereocenters. The minimum absolute atomic E-state index is 0.0472. The lowest BCUT2D eigenvalue weighted by atomic mass is 10.1. The lowest BCUT2D eigenvalue weighted by molar-refractivity contribution is -0.144. The normalized spacial score (nSPS) is 13.5. The third kappa shape index (κ3) is 6.46. The predicted octanol–water partition coefficient (Wildman–Crippen LogP) is 1.80. The Morgan fingerprint density at radius 2 is 2.18 bits per heavy atom. The zero-order chi connectivity index (χ0) is 16.5. The van der Waals surface area contributed by atoms with Gasteiger partial charge in [-0.15, -0.1) is 0 Å². The molecule has 1 heterocycles. The summed E-state index contributed by atoms with van der Waals surface area (Å²) in [6.07, 6.45) is -0.774. The standard InChI is InChI=1S/C14H22ClN3O4/c1-3-21-12(19)7-9(8-13(20)22-4-2)17-14-10(16)5-6-11(15)18-14/h5-6,9,12,19H,3-4,7-8,16H2,1-2H3,(H,17,18). The van der Waals surface area contributed by atoms with E-state index >= 15 is 0 Å². The molecular formula is C14H22ClN3O4. The molecule has 1 aromatic rings. The Kier molecular flexibility index (Phi) is 7.94. The van der Waals surface area contributed by atoms with Gasteiger partial charge in [-0.25, -0.2) is 4.98 Å². The Labute approximate surface area is 134 Å². The van der Waals surface area contributed by atoms with Crippen LogP contribution in [0.5, 0.6) is 0 Å². The third-order valence-corrected chi connectivity index (χ3v) is 3.01. The van der Waals surface area contributed by atoms with Gasteiger partial charge in [0.2, 0.25) is 0 Å². The summed E-state index contributed by atoms with van der Waals surface area (Å²) >= 11 is 5.84. The number of aliphatic hydroxyl groups is 1. The van der Waals surface area contributed by atoms with Gasteiger partial charge in [0.05, 0.1) is 18.7 Å². The molecule has 22 heavy (non-hydrogen) atoms. The number of nitrogens with zero attached hydrogens (tertiary/aromatic N) is 1. The maximum atomic E-state index is 11.7. The van der Waals surface area contributed by atoms with E-state index in [0.717, 1.165) is 0 Å². The van der Waals surface area contributed by atoms with Gasteiger partial charge in [-0.3, -0.25) is 4.79 Å². The number of nitrogens with one attached hydrogen (secondary N) is 1. The largest absolute Gasteiger partial charge is 0.466 e. The summed E-state index contributed by atoms with van der Waals surface area (Å²) in [4.78, 5) is 15.7. The summed E-state index contributed by atoms with van der Waals surface area (Å²) in [6.45, 7) is 4.15. The number of anilines is 2. The smallest absolute Gasteiger partial charge is 0.307 e. The average Bonchev–Trinajstić information content (AvgIpc) is 2.43. The number of hydrogen-bond donors (Lipinski definition) is 3. The molecule has 0 fully saturated rings. The molecule has 0 aliphatic rings. The van der Waals surface area contributed by atoms with Gasteiger partial charge in [0, 0.05) is 19.1 Å². The van der Waals surface area contributed by atoms with Gasteiger partial charge in [0.25, 0.3) is 0 Å². The van der Waals surface area contributed by atoms with Crippen LogP contribution in [0, 0.1) is 0 Å². The second kappa shape index (κ2) is 9.45. The Hall–Kier alpha value is -1.57. The average molecular weight is 332 g/mol. The van der Waals surface area contributed by atoms with Gasteiger partial charge in [-0.2, -0.15) is 0 Å². The second-order valence-electron chi connectivity index (χ2n) is 4.57. The number of aliphatic hydroxyl groups excluding tert-OH is 1. The second-order valence-corrected chi connectivity index (χ2v) is 4.96. The van der Waals surface area contributed by atoms with Crippen molar-refractivity contribution in [1.82, 2.24) is 4.98 Å². The first kappa shape index (κ1) is 18.5. The van der Waals surface area contributed by atoms with Crippen LogP contribution in [0.4, 0.5) is 11.5 Å². The van der Waals surface area contributed by atoms with E-state index in [0.29, 0.717) is 18.1 Å². The van der Waals surface area contributed by atoms with E-state index in [-0.39, 0.29) is 30.6 Å². The first-order valence-electron chi connectivity index (χ1n) is 7.10. The summed E-state index contributed by atoms with van der Waals surface area (Å²) in [6, 6.07) is 2.73. The van der Waals surface area contributed by atoms with Crippen molar-refractivity contribution in [2.24, 2.45) is 0 Å². The summed E-state index contributed by atoms with van der Waals surface area (Å²) in [5, 5.41) is 13.1. The minimum atomic E-state index is -1.00. The van der Waals surface area contributed by atoms with Gasteiger partial charge >= 0.3 is 5.97 Å². The van der Waals surface area contributed by atoms with E-state index < -0.39 is 12.3 Å². The number of aromatic nitrogens is 1. The number of ether oxygens (including phenoxy) is 2. The van der Waals surface area contributed by atoms with E-state index in [2.05, 4.69) is 10.3 Å². The molecule has 8 heteroatoms. The number of carbonyl (C=O) groups is 1. The van der Waals surface area contributed by atoms with Crippen molar-refractivity contribution in [1.29, 1.82) is 0 Å². The summed E-state index contributed by atoms with van der Waals surface area (Å²) < 4.78 is 10.0. The molecule has 1 rings (SSSR count). The van der Waals surface area contributed by atoms with Gasteiger partial charge in [0.1, 0.15) is 5.15 Å². The molecule has 2 unspecified atom stereocenters. The minimum Gasteiger partial charge on any atom is -0.466 e. The number of nitrogen functional groups attached to an aromatic ring is 1. The highest BCUT2D eigenvalue weighted by atomic mass is 35.5. The quantitative estimate of drug-likeness (QED) is 0.360. The molecule has 1 aromatic heterocycles. The Balaban J connectivity index is 2.79. The lowest BCUT2D eigenvalue weighted by Gasteiger charge is -2.22. The molecule has 4 N–H and O–H groups in total. The molecule has 0 aliphatic heterocycles. The van der Waals surface area contributed by atoms with Crippen LogP contribution in [0.2, 0.25) is 5.15 Å². The van der Waals surface area contributed by atoms with Crippen LogP contribution in [0.25, 0.3) is 0 Å². The number of rotatable bonds is 9. The van der Waals surface area contributed by atoms with E-state index in [1.54, 1.807) is 26.0 Å². The van der Waals surface area contributed by atoms with Crippen molar-refractivity contribution in [3.8, 4) is 0 Å². The van der Waals surface area contributed by atoms with Crippen LogP contribution in [-0.2, 0) is 14.3 Å². The molecule has 0 amide bonds.